The predicted molar refractivity (Wildman–Crippen MR) is 106 cm³/mol. The maximum Gasteiger partial charge on any atom is 2.00 e. The van der Waals surface area contributed by atoms with Gasteiger partial charge in [-0.05, 0) is 5.56 Å². The number of benzene rings is 3. The molecule has 0 aliphatic carbocycles. The zero-order valence-corrected chi connectivity index (χ0v) is 16.7. The average Bonchev–Trinajstić information content (AvgIpc) is 3.01. The van der Waals surface area contributed by atoms with Crippen molar-refractivity contribution in [1.29, 1.82) is 0 Å². The molecule has 1 aliphatic heterocycles. The summed E-state index contributed by atoms with van der Waals surface area (Å²) >= 11 is 0. The molecule has 0 bridgehead atoms. The van der Waals surface area contributed by atoms with Crippen molar-refractivity contribution in [3.05, 3.63) is 110 Å². The molecule has 1 radical (unpaired) electrons. The van der Waals surface area contributed by atoms with Gasteiger partial charge in [-0.15, -0.1) is 6.07 Å². The summed E-state index contributed by atoms with van der Waals surface area (Å²) < 4.78 is 0. The van der Waals surface area contributed by atoms with Gasteiger partial charge in [-0.25, -0.2) is 0 Å². The molecule has 0 saturated carbocycles. The van der Waals surface area contributed by atoms with Crippen LogP contribution >= 0.6 is 0 Å². The smallest absolute Gasteiger partial charge is 0.358 e. The summed E-state index contributed by atoms with van der Waals surface area (Å²) in [5.41, 5.74) is 6.02. The van der Waals surface area contributed by atoms with Gasteiger partial charge >= 0.3 is 19.5 Å². The van der Waals surface area contributed by atoms with E-state index >= 15 is 0 Å². The van der Waals surface area contributed by atoms with Crippen LogP contribution in [0.3, 0.4) is 0 Å². The van der Waals surface area contributed by atoms with E-state index in [2.05, 4.69) is 95.7 Å². The number of hydrogen-bond acceptors (Lipinski definition) is 2. The van der Waals surface area contributed by atoms with Gasteiger partial charge in [0.15, 0.2) is 0 Å². The van der Waals surface area contributed by atoms with Crippen molar-refractivity contribution in [2.24, 2.45) is 0 Å². The van der Waals surface area contributed by atoms with Crippen LogP contribution < -0.4 is 4.90 Å². The Morgan fingerprint density at radius 1 is 0.731 bits per heavy atom. The van der Waals surface area contributed by atoms with E-state index in [0.717, 1.165) is 12.4 Å². The first-order valence-electron chi connectivity index (χ1n) is 8.15. The van der Waals surface area contributed by atoms with Gasteiger partial charge in [0.05, 0.1) is 18.1 Å². The van der Waals surface area contributed by atoms with Crippen LogP contribution in [0.5, 0.6) is 0 Å². The van der Waals surface area contributed by atoms with E-state index in [4.69, 9.17) is 0 Å². The molecule has 0 fully saturated rings. The number of rotatable bonds is 3. The fraction of sp³-hybridized carbons (Fsp3) is 0.0870. The minimum absolute atomic E-state index is 0. The van der Waals surface area contributed by atoms with Crippen molar-refractivity contribution in [1.82, 2.24) is 4.90 Å². The normalized spacial score (nSPS) is 13.3. The van der Waals surface area contributed by atoms with Crippen molar-refractivity contribution in [2.75, 3.05) is 18.6 Å². The van der Waals surface area contributed by atoms with Gasteiger partial charge in [0.2, 0.25) is 0 Å². The quantitative estimate of drug-likeness (QED) is 0.419. The van der Waals surface area contributed by atoms with Crippen molar-refractivity contribution >= 4 is 17.1 Å². The van der Waals surface area contributed by atoms with Crippen LogP contribution in [0.1, 0.15) is 11.1 Å². The topological polar surface area (TPSA) is 6.48 Å². The second-order valence-corrected chi connectivity index (χ2v) is 5.94. The summed E-state index contributed by atoms with van der Waals surface area (Å²) in [4.78, 5) is 4.64. The van der Waals surface area contributed by atoms with Crippen LogP contribution in [0, 0.1) is 13.5 Å². The molecule has 4 rings (SSSR count). The molecule has 0 atom stereocenters. The van der Waals surface area contributed by atoms with Crippen LogP contribution in [0.15, 0.2) is 84.9 Å². The number of nitrogens with zero attached hydrogens (tertiary/aromatic N) is 2. The molecule has 3 aromatic rings. The van der Waals surface area contributed by atoms with Crippen molar-refractivity contribution < 1.29 is 19.5 Å². The van der Waals surface area contributed by atoms with Gasteiger partial charge in [-0.3, -0.25) is 0 Å². The van der Waals surface area contributed by atoms with E-state index < -0.39 is 0 Å². The minimum atomic E-state index is 0. The molecule has 0 amide bonds. The number of para-hydroxylation sites is 1. The summed E-state index contributed by atoms with van der Waals surface area (Å²) in [6, 6.07) is 32.7. The zero-order chi connectivity index (χ0) is 16.4. The summed E-state index contributed by atoms with van der Waals surface area (Å²) in [6.45, 7) is 0.814. The van der Waals surface area contributed by atoms with Crippen LogP contribution in [0.25, 0.3) is 11.4 Å². The van der Waals surface area contributed by atoms with Gasteiger partial charge in [0.25, 0.3) is 0 Å². The third-order valence-electron chi connectivity index (χ3n) is 4.31. The van der Waals surface area contributed by atoms with Gasteiger partial charge < -0.3 is 17.2 Å². The largest absolute Gasteiger partial charge is 2.00 e. The Morgan fingerprint density at radius 3 is 1.81 bits per heavy atom. The Balaban J connectivity index is 0.00000121. The standard InChI is InChI=1S/C22H19N2.CH3.Rh/c1-23-17-24(20-15-9-4-10-16-20)22(19-13-7-3-8-14-19)21(23)18-11-5-2-6-12-18;;/h2-15H,17H2,1H3;1H3;/q2*-1;+2. The molecule has 0 spiro atoms. The monoisotopic (exact) mass is 429 g/mol. The van der Waals surface area contributed by atoms with Gasteiger partial charge in [-0.1, -0.05) is 66.4 Å². The second kappa shape index (κ2) is 8.82. The number of hydrogen-bond donors (Lipinski definition) is 0. The molecule has 133 valence electrons. The number of anilines is 1. The van der Waals surface area contributed by atoms with E-state index in [-0.39, 0.29) is 26.9 Å². The third kappa shape index (κ3) is 3.73. The molecule has 3 heteroatoms. The molecule has 1 aliphatic rings. The predicted octanol–water partition coefficient (Wildman–Crippen LogP) is 5.17. The zero-order valence-electron chi connectivity index (χ0n) is 15.0. The van der Waals surface area contributed by atoms with E-state index in [0.29, 0.717) is 0 Å². The molecule has 0 saturated heterocycles. The Kier molecular flexibility index (Phi) is 6.77. The van der Waals surface area contributed by atoms with Crippen LogP contribution in [0.4, 0.5) is 5.69 Å². The summed E-state index contributed by atoms with van der Waals surface area (Å²) in [5, 5.41) is 0. The molecule has 0 N–H and O–H groups in total. The summed E-state index contributed by atoms with van der Waals surface area (Å²) in [7, 11) is 2.15. The van der Waals surface area contributed by atoms with Gasteiger partial charge in [0, 0.05) is 12.6 Å². The summed E-state index contributed by atoms with van der Waals surface area (Å²) in [6.07, 6.45) is 0. The van der Waals surface area contributed by atoms with E-state index in [9.17, 15) is 0 Å². The van der Waals surface area contributed by atoms with Crippen molar-refractivity contribution in [3.8, 4) is 0 Å². The Hall–Kier alpha value is -2.38. The molecular weight excluding hydrogens is 407 g/mol. The molecule has 26 heavy (non-hydrogen) atoms. The molecule has 2 nitrogen and oxygen atoms in total. The maximum absolute atomic E-state index is 3.37. The first-order chi connectivity index (χ1) is 11.8. The molecule has 3 aromatic carbocycles. The Labute approximate surface area is 169 Å². The minimum Gasteiger partial charge on any atom is -0.358 e. The van der Waals surface area contributed by atoms with Crippen LogP contribution in [-0.4, -0.2) is 18.6 Å². The Bertz CT molecular complexity index is 845. The van der Waals surface area contributed by atoms with E-state index in [1.54, 1.807) is 0 Å². The van der Waals surface area contributed by atoms with E-state index in [1.807, 2.05) is 12.1 Å². The second-order valence-electron chi connectivity index (χ2n) is 5.94. The Morgan fingerprint density at radius 2 is 1.27 bits per heavy atom. The fourth-order valence-electron chi connectivity index (χ4n) is 3.25. The van der Waals surface area contributed by atoms with Crippen molar-refractivity contribution in [3.63, 3.8) is 0 Å². The van der Waals surface area contributed by atoms with Gasteiger partial charge in [-0.2, -0.15) is 24.3 Å². The first-order valence-corrected chi connectivity index (χ1v) is 8.15. The average molecular weight is 429 g/mol. The SMILES string of the molecule is CN1CN(c2[c-]cccc2)C(c2ccccc2)=C1c1ccccc1.[CH3-].[Rh+2]. The summed E-state index contributed by atoms with van der Waals surface area (Å²) in [5.74, 6) is 0. The molecule has 1 heterocycles. The first kappa shape index (κ1) is 19.9. The van der Waals surface area contributed by atoms with Crippen LogP contribution in [0.2, 0.25) is 0 Å². The van der Waals surface area contributed by atoms with Crippen molar-refractivity contribution in [2.45, 2.75) is 0 Å². The molecule has 0 aromatic heterocycles. The molecule has 0 unspecified atom stereocenters. The molecular formula is C23H22N2Rh. The van der Waals surface area contributed by atoms with Gasteiger partial charge in [0.1, 0.15) is 0 Å². The fourth-order valence-corrected chi connectivity index (χ4v) is 3.25. The van der Waals surface area contributed by atoms with E-state index in [1.165, 1.54) is 22.5 Å². The maximum atomic E-state index is 3.37. The van der Waals surface area contributed by atoms with Crippen LogP contribution in [-0.2, 0) is 19.5 Å². The third-order valence-corrected chi connectivity index (χ3v) is 4.31.